The number of halogens is 1. The Morgan fingerprint density at radius 3 is 2.43 bits per heavy atom. The highest BCUT2D eigenvalue weighted by atomic mass is 19.1. The molecule has 190 valence electrons. The zero-order valence-electron chi connectivity index (χ0n) is 20.9. The molecule has 2 fully saturated rings. The van der Waals surface area contributed by atoms with Gasteiger partial charge in [0.15, 0.2) is 5.78 Å². The minimum atomic E-state index is -1.65. The van der Waals surface area contributed by atoms with Gasteiger partial charge in [-0.2, -0.15) is 0 Å². The molecule has 8 nitrogen and oxygen atoms in total. The van der Waals surface area contributed by atoms with Gasteiger partial charge in [0.1, 0.15) is 24.3 Å². The van der Waals surface area contributed by atoms with E-state index in [9.17, 15) is 24.6 Å². The van der Waals surface area contributed by atoms with E-state index in [-0.39, 0.29) is 48.2 Å². The zero-order chi connectivity index (χ0) is 25.5. The smallest absolute Gasteiger partial charge is 0.319 e. The number of hydrogen-bond acceptors (Lipinski definition) is 6. The molecule has 1 aliphatic carbocycles. The standard InChI is InChI=1S/C26H34FN3O5/c1-5-26(23(32)33)14-29(15-8-9-15)20-17(22(26)31)11-19(27)21-18(20)13-30(24(34)35,25(2,3)4)12-16-7-6-10-28(16)21/h11,15-16H,5-10,12-14H2,1-4H3,(H-,32,33,34,35). The van der Waals surface area contributed by atoms with E-state index in [1.807, 2.05) is 30.6 Å². The molecule has 1 aromatic rings. The molecule has 0 bridgehead atoms. The van der Waals surface area contributed by atoms with Crippen LogP contribution in [0, 0.1) is 11.2 Å². The number of carboxylic acid groups (broad SMARTS) is 2. The molecule has 35 heavy (non-hydrogen) atoms. The molecular formula is C26H34FN3O5. The van der Waals surface area contributed by atoms with Gasteiger partial charge in [0, 0.05) is 24.7 Å². The fraction of sp³-hybridized carbons (Fsp3) is 0.654. The van der Waals surface area contributed by atoms with Crippen molar-refractivity contribution < 1.29 is 33.5 Å². The average molecular weight is 488 g/mol. The zero-order valence-corrected chi connectivity index (χ0v) is 20.9. The predicted molar refractivity (Wildman–Crippen MR) is 126 cm³/mol. The van der Waals surface area contributed by atoms with Gasteiger partial charge < -0.3 is 24.8 Å². The minimum absolute atomic E-state index is 0.0116. The maximum absolute atomic E-state index is 16.0. The number of ketones is 1. The lowest BCUT2D eigenvalue weighted by molar-refractivity contribution is -0.931. The number of fused-ring (bicyclic) bond motifs is 5. The molecule has 1 amide bonds. The molecule has 3 unspecified atom stereocenters. The fourth-order valence-electron chi connectivity index (χ4n) is 6.57. The summed E-state index contributed by atoms with van der Waals surface area (Å²) in [5, 5.41) is 23.0. The van der Waals surface area contributed by atoms with E-state index >= 15 is 4.39 Å². The van der Waals surface area contributed by atoms with Crippen LogP contribution in [0.2, 0.25) is 0 Å². The van der Waals surface area contributed by atoms with Crippen molar-refractivity contribution >= 4 is 29.2 Å². The molecule has 9 heteroatoms. The Bertz CT molecular complexity index is 1130. The Morgan fingerprint density at radius 2 is 1.89 bits per heavy atom. The van der Waals surface area contributed by atoms with Crippen molar-refractivity contribution in [2.24, 2.45) is 5.41 Å². The van der Waals surface area contributed by atoms with Crippen molar-refractivity contribution in [3.63, 3.8) is 0 Å². The largest absolute Gasteiger partial charge is 0.498 e. The van der Waals surface area contributed by atoms with Crippen molar-refractivity contribution in [3.8, 4) is 0 Å². The molecule has 3 heterocycles. The van der Waals surface area contributed by atoms with Gasteiger partial charge in [-0.15, -0.1) is 0 Å². The van der Waals surface area contributed by atoms with Crippen LogP contribution >= 0.6 is 0 Å². The van der Waals surface area contributed by atoms with E-state index in [0.29, 0.717) is 23.5 Å². The first-order chi connectivity index (χ1) is 16.4. The first-order valence-electron chi connectivity index (χ1n) is 12.6. The number of carboxylic acids is 1. The Hall–Kier alpha value is -2.68. The molecular weight excluding hydrogens is 453 g/mol. The Morgan fingerprint density at radius 1 is 1.20 bits per heavy atom. The Kier molecular flexibility index (Phi) is 5.26. The highest BCUT2D eigenvalue weighted by Gasteiger charge is 2.56. The summed E-state index contributed by atoms with van der Waals surface area (Å²) in [6.07, 6.45) is 2.15. The van der Waals surface area contributed by atoms with Gasteiger partial charge in [0.05, 0.1) is 28.5 Å². The summed E-state index contributed by atoms with van der Waals surface area (Å²) in [7, 11) is 0. The molecule has 1 aromatic carbocycles. The molecule has 4 aliphatic rings. The molecule has 3 aliphatic heterocycles. The summed E-state index contributed by atoms with van der Waals surface area (Å²) in [5.41, 5.74) is -0.938. The number of hydrogen-bond donors (Lipinski definition) is 1. The number of benzene rings is 1. The van der Waals surface area contributed by atoms with Crippen LogP contribution < -0.4 is 14.9 Å². The van der Waals surface area contributed by atoms with Crippen molar-refractivity contribution in [1.82, 2.24) is 0 Å². The van der Waals surface area contributed by atoms with E-state index in [1.54, 1.807) is 6.92 Å². The van der Waals surface area contributed by atoms with Gasteiger partial charge >= 0.3 is 5.97 Å². The molecule has 3 atom stereocenters. The second-order valence-corrected chi connectivity index (χ2v) is 11.7. The molecule has 1 N–H and O–H groups in total. The summed E-state index contributed by atoms with van der Waals surface area (Å²) in [4.78, 5) is 42.9. The maximum Gasteiger partial charge on any atom is 0.319 e. The first-order valence-corrected chi connectivity index (χ1v) is 12.6. The van der Waals surface area contributed by atoms with E-state index in [2.05, 4.69) is 0 Å². The summed E-state index contributed by atoms with van der Waals surface area (Å²) in [6, 6.07) is 1.10. The summed E-state index contributed by atoms with van der Waals surface area (Å²) in [5.74, 6) is -2.38. The van der Waals surface area contributed by atoms with Gasteiger partial charge in [-0.3, -0.25) is 14.1 Å². The van der Waals surface area contributed by atoms with Gasteiger partial charge in [-0.1, -0.05) is 6.92 Å². The van der Waals surface area contributed by atoms with Crippen LogP contribution in [0.3, 0.4) is 0 Å². The van der Waals surface area contributed by atoms with Crippen LogP contribution in [-0.4, -0.2) is 64.7 Å². The Balaban J connectivity index is 1.82. The number of rotatable bonds is 3. The van der Waals surface area contributed by atoms with E-state index in [1.165, 1.54) is 6.07 Å². The number of carbonyl (C=O) groups excluding carboxylic acids is 2. The van der Waals surface area contributed by atoms with Crippen LogP contribution in [0.15, 0.2) is 6.07 Å². The molecule has 1 saturated heterocycles. The molecule has 0 aromatic heterocycles. The average Bonchev–Trinajstić information content (AvgIpc) is 3.54. The number of Topliss-reactive ketones (excluding diaryl/α,β-unsaturated/α-hetero) is 1. The fourth-order valence-corrected chi connectivity index (χ4v) is 6.57. The maximum atomic E-state index is 16.0. The lowest BCUT2D eigenvalue weighted by atomic mass is 9.73. The summed E-state index contributed by atoms with van der Waals surface area (Å²) >= 11 is 0. The quantitative estimate of drug-likeness (QED) is 0.517. The van der Waals surface area contributed by atoms with Crippen LogP contribution in [0.5, 0.6) is 0 Å². The van der Waals surface area contributed by atoms with E-state index < -0.39 is 34.6 Å². The van der Waals surface area contributed by atoms with E-state index in [4.69, 9.17) is 0 Å². The van der Waals surface area contributed by atoms with Gasteiger partial charge in [0.25, 0.3) is 6.09 Å². The third-order valence-electron chi connectivity index (χ3n) is 8.98. The monoisotopic (exact) mass is 487 g/mol. The van der Waals surface area contributed by atoms with Crippen LogP contribution in [0.4, 0.5) is 20.6 Å². The SMILES string of the molecule is CCC1(C(=O)O)CN(C2CC2)c2c(cc(F)c3c2C[N+](C(=O)[O-])(C(C)(C)C)CC2CCCN32)C1=O. The lowest BCUT2D eigenvalue weighted by Crippen LogP contribution is -2.69. The van der Waals surface area contributed by atoms with Crippen molar-refractivity contribution in [3.05, 3.63) is 23.0 Å². The van der Waals surface area contributed by atoms with E-state index in [0.717, 1.165) is 25.7 Å². The number of carbonyl (C=O) groups is 3. The number of amides is 1. The van der Waals surface area contributed by atoms with Crippen molar-refractivity contribution in [2.75, 3.05) is 29.4 Å². The van der Waals surface area contributed by atoms with Gasteiger partial charge in [0.2, 0.25) is 0 Å². The molecule has 0 radical (unpaired) electrons. The lowest BCUT2D eigenvalue weighted by Gasteiger charge is -2.49. The minimum Gasteiger partial charge on any atom is -0.498 e. The number of aliphatic carboxylic acids is 1. The van der Waals surface area contributed by atoms with Gasteiger partial charge in [-0.05, 0) is 58.9 Å². The van der Waals surface area contributed by atoms with Crippen molar-refractivity contribution in [1.29, 1.82) is 0 Å². The Labute approximate surface area is 204 Å². The highest BCUT2D eigenvalue weighted by molar-refractivity contribution is 6.17. The molecule has 5 rings (SSSR count). The third-order valence-corrected chi connectivity index (χ3v) is 8.98. The van der Waals surface area contributed by atoms with Crippen LogP contribution in [-0.2, 0) is 11.3 Å². The van der Waals surface area contributed by atoms with Gasteiger partial charge in [-0.25, -0.2) is 4.39 Å². The van der Waals surface area contributed by atoms with Crippen molar-refractivity contribution in [2.45, 2.75) is 84.0 Å². The molecule has 0 spiro atoms. The van der Waals surface area contributed by atoms with Crippen LogP contribution in [0.1, 0.15) is 75.7 Å². The first kappa shape index (κ1) is 24.0. The topological polar surface area (TPSA) is 101 Å². The summed E-state index contributed by atoms with van der Waals surface area (Å²) in [6.45, 7) is 8.12. The third kappa shape index (κ3) is 3.23. The normalized spacial score (nSPS) is 30.4. The predicted octanol–water partition coefficient (Wildman–Crippen LogP) is 2.91. The second kappa shape index (κ2) is 7.66. The number of anilines is 2. The highest BCUT2D eigenvalue weighted by Crippen LogP contribution is 2.52. The second-order valence-electron chi connectivity index (χ2n) is 11.7. The van der Waals surface area contributed by atoms with Crippen LogP contribution in [0.25, 0.3) is 0 Å². The number of nitrogens with zero attached hydrogens (tertiary/aromatic N) is 3. The number of quaternary nitrogens is 1. The molecule has 1 saturated carbocycles. The summed E-state index contributed by atoms with van der Waals surface area (Å²) < 4.78 is 15.6.